The van der Waals surface area contributed by atoms with Gasteiger partial charge in [-0.15, -0.1) is 6.42 Å². The quantitative estimate of drug-likeness (QED) is 0.773. The van der Waals surface area contributed by atoms with Gasteiger partial charge in [0.05, 0.1) is 0 Å². The van der Waals surface area contributed by atoms with E-state index in [0.717, 1.165) is 11.1 Å². The molecule has 1 atom stereocenters. The van der Waals surface area contributed by atoms with Gasteiger partial charge >= 0.3 is 0 Å². The van der Waals surface area contributed by atoms with Crippen LogP contribution in [0.15, 0.2) is 47.5 Å². The van der Waals surface area contributed by atoms with Crippen LogP contribution in [-0.2, 0) is 4.74 Å². The van der Waals surface area contributed by atoms with Crippen molar-refractivity contribution in [2.45, 2.75) is 6.04 Å². The predicted molar refractivity (Wildman–Crippen MR) is 76.0 cm³/mol. The molecule has 2 aromatic carbocycles. The molecule has 0 amide bonds. The van der Waals surface area contributed by atoms with Crippen molar-refractivity contribution < 1.29 is 13.5 Å². The summed E-state index contributed by atoms with van der Waals surface area (Å²) in [5, 5.41) is 0. The Kier molecular flexibility index (Phi) is 3.41. The van der Waals surface area contributed by atoms with E-state index in [1.807, 2.05) is 12.1 Å². The standard InChI is InChI=1S/C17H11F2NO/c1-2-11-6-8-12(9-7-11)15-10-21-17(20-15)16-13(18)4-3-5-14(16)19/h1,3-9,15H,10H2. The van der Waals surface area contributed by atoms with Gasteiger partial charge in [0, 0.05) is 5.56 Å². The van der Waals surface area contributed by atoms with Gasteiger partial charge in [-0.25, -0.2) is 13.8 Å². The lowest BCUT2D eigenvalue weighted by Gasteiger charge is -2.04. The Morgan fingerprint density at radius 2 is 1.76 bits per heavy atom. The molecule has 0 saturated carbocycles. The second-order valence-electron chi connectivity index (χ2n) is 4.62. The first-order valence-corrected chi connectivity index (χ1v) is 6.40. The van der Waals surface area contributed by atoms with Crippen molar-refractivity contribution in [2.24, 2.45) is 4.99 Å². The second-order valence-corrected chi connectivity index (χ2v) is 4.62. The minimum Gasteiger partial charge on any atom is -0.475 e. The first kappa shape index (κ1) is 13.3. The zero-order valence-electron chi connectivity index (χ0n) is 11.0. The molecule has 0 saturated heterocycles. The molecule has 1 aliphatic heterocycles. The van der Waals surface area contributed by atoms with Gasteiger partial charge in [-0.3, -0.25) is 0 Å². The first-order valence-electron chi connectivity index (χ1n) is 6.40. The third kappa shape index (κ3) is 2.50. The Balaban J connectivity index is 1.92. The van der Waals surface area contributed by atoms with Crippen molar-refractivity contribution in [3.8, 4) is 12.3 Å². The van der Waals surface area contributed by atoms with E-state index in [-0.39, 0.29) is 24.1 Å². The lowest BCUT2D eigenvalue weighted by atomic mass is 10.1. The van der Waals surface area contributed by atoms with Gasteiger partial charge in [0.1, 0.15) is 29.8 Å². The van der Waals surface area contributed by atoms with Gasteiger partial charge in [-0.1, -0.05) is 24.1 Å². The highest BCUT2D eigenvalue weighted by molar-refractivity contribution is 5.95. The maximum absolute atomic E-state index is 13.7. The van der Waals surface area contributed by atoms with Gasteiger partial charge in [-0.2, -0.15) is 0 Å². The lowest BCUT2D eigenvalue weighted by molar-refractivity contribution is 0.317. The Morgan fingerprint density at radius 3 is 2.38 bits per heavy atom. The zero-order chi connectivity index (χ0) is 14.8. The van der Waals surface area contributed by atoms with E-state index in [4.69, 9.17) is 11.2 Å². The average Bonchev–Trinajstić information content (AvgIpc) is 2.97. The van der Waals surface area contributed by atoms with Gasteiger partial charge in [0.25, 0.3) is 0 Å². The van der Waals surface area contributed by atoms with E-state index >= 15 is 0 Å². The normalized spacial score (nSPS) is 17.0. The molecule has 4 heteroatoms. The molecule has 0 spiro atoms. The molecular formula is C17H11F2NO. The molecule has 0 aromatic heterocycles. The fraction of sp³-hybridized carbons (Fsp3) is 0.118. The van der Waals surface area contributed by atoms with E-state index in [0.29, 0.717) is 0 Å². The van der Waals surface area contributed by atoms with Crippen LogP contribution in [0.2, 0.25) is 0 Å². The van der Waals surface area contributed by atoms with E-state index in [1.54, 1.807) is 12.1 Å². The van der Waals surface area contributed by atoms with E-state index < -0.39 is 11.6 Å². The van der Waals surface area contributed by atoms with E-state index in [2.05, 4.69) is 10.9 Å². The van der Waals surface area contributed by atoms with Crippen LogP contribution in [0, 0.1) is 24.0 Å². The van der Waals surface area contributed by atoms with E-state index in [1.165, 1.54) is 18.2 Å². The number of ether oxygens (including phenoxy) is 1. The third-order valence-corrected chi connectivity index (χ3v) is 3.29. The summed E-state index contributed by atoms with van der Waals surface area (Å²) in [5.41, 5.74) is 1.43. The van der Waals surface area contributed by atoms with Crippen LogP contribution in [-0.4, -0.2) is 12.5 Å². The topological polar surface area (TPSA) is 21.6 Å². The second kappa shape index (κ2) is 5.37. The number of halogens is 2. The van der Waals surface area contributed by atoms with Crippen LogP contribution < -0.4 is 0 Å². The third-order valence-electron chi connectivity index (χ3n) is 3.29. The molecule has 0 aliphatic carbocycles. The smallest absolute Gasteiger partial charge is 0.222 e. The number of terminal acetylenes is 1. The Labute approximate surface area is 121 Å². The van der Waals surface area contributed by atoms with Crippen LogP contribution in [0.1, 0.15) is 22.7 Å². The molecular weight excluding hydrogens is 272 g/mol. The average molecular weight is 283 g/mol. The summed E-state index contributed by atoms with van der Waals surface area (Å²) in [6, 6.07) is 10.7. The molecule has 0 N–H and O–H groups in total. The summed E-state index contributed by atoms with van der Waals surface area (Å²) in [6.07, 6.45) is 5.30. The van der Waals surface area contributed by atoms with Crippen LogP contribution in [0.3, 0.4) is 0 Å². The molecule has 0 bridgehead atoms. The highest BCUT2D eigenvalue weighted by Crippen LogP contribution is 2.27. The molecule has 1 unspecified atom stereocenters. The fourth-order valence-electron chi connectivity index (χ4n) is 2.19. The molecule has 21 heavy (non-hydrogen) atoms. The highest BCUT2D eigenvalue weighted by atomic mass is 19.1. The molecule has 1 aliphatic rings. The Bertz CT molecular complexity index is 724. The summed E-state index contributed by atoms with van der Waals surface area (Å²) in [4.78, 5) is 4.27. The minimum absolute atomic E-state index is 0.00312. The molecule has 1 heterocycles. The SMILES string of the molecule is C#Cc1ccc(C2COC(c3c(F)cccc3F)=N2)cc1. The maximum Gasteiger partial charge on any atom is 0.222 e. The predicted octanol–water partition coefficient (Wildman–Crippen LogP) is 3.46. The maximum atomic E-state index is 13.7. The zero-order valence-corrected chi connectivity index (χ0v) is 11.0. The summed E-state index contributed by atoms with van der Waals surface area (Å²) in [5.74, 6) is 1.16. The summed E-state index contributed by atoms with van der Waals surface area (Å²) < 4.78 is 32.8. The highest BCUT2D eigenvalue weighted by Gasteiger charge is 2.25. The van der Waals surface area contributed by atoms with Crippen LogP contribution in [0.4, 0.5) is 8.78 Å². The summed E-state index contributed by atoms with van der Waals surface area (Å²) in [6.45, 7) is 0.249. The molecule has 0 radical (unpaired) electrons. The molecule has 0 fully saturated rings. The van der Waals surface area contributed by atoms with Crippen molar-refractivity contribution >= 4 is 5.90 Å². The number of nitrogens with zero attached hydrogens (tertiary/aromatic N) is 1. The van der Waals surface area contributed by atoms with Gasteiger partial charge < -0.3 is 4.74 Å². The van der Waals surface area contributed by atoms with E-state index in [9.17, 15) is 8.78 Å². The largest absolute Gasteiger partial charge is 0.475 e. The Hall–Kier alpha value is -2.67. The van der Waals surface area contributed by atoms with Crippen molar-refractivity contribution in [1.29, 1.82) is 0 Å². The number of aliphatic imine (C=N–C) groups is 1. The summed E-state index contributed by atoms with van der Waals surface area (Å²) in [7, 11) is 0. The van der Waals surface area contributed by atoms with Crippen LogP contribution in [0.5, 0.6) is 0 Å². The van der Waals surface area contributed by atoms with Gasteiger partial charge in [0.2, 0.25) is 5.90 Å². The first-order chi connectivity index (χ1) is 10.2. The monoisotopic (exact) mass is 283 g/mol. The Morgan fingerprint density at radius 1 is 1.10 bits per heavy atom. The lowest BCUT2D eigenvalue weighted by Crippen LogP contribution is -2.07. The van der Waals surface area contributed by atoms with Crippen molar-refractivity contribution in [3.05, 3.63) is 70.8 Å². The molecule has 2 aromatic rings. The van der Waals surface area contributed by atoms with Crippen molar-refractivity contribution in [3.63, 3.8) is 0 Å². The fourth-order valence-corrected chi connectivity index (χ4v) is 2.19. The summed E-state index contributed by atoms with van der Waals surface area (Å²) >= 11 is 0. The molecule has 3 rings (SSSR count). The molecule has 104 valence electrons. The van der Waals surface area contributed by atoms with Crippen molar-refractivity contribution in [1.82, 2.24) is 0 Å². The van der Waals surface area contributed by atoms with Crippen LogP contribution >= 0.6 is 0 Å². The number of hydrogen-bond donors (Lipinski definition) is 0. The number of hydrogen-bond acceptors (Lipinski definition) is 2. The van der Waals surface area contributed by atoms with Crippen molar-refractivity contribution in [2.75, 3.05) is 6.61 Å². The number of rotatable bonds is 2. The molecule has 2 nitrogen and oxygen atoms in total. The van der Waals surface area contributed by atoms with Gasteiger partial charge in [-0.05, 0) is 29.8 Å². The van der Waals surface area contributed by atoms with Gasteiger partial charge in [0.15, 0.2) is 0 Å². The van der Waals surface area contributed by atoms with Crippen LogP contribution in [0.25, 0.3) is 0 Å². The minimum atomic E-state index is -0.683. The number of benzene rings is 2.